The maximum atomic E-state index is 13.2. The number of carbonyl (C=O) groups is 1. The minimum absolute atomic E-state index is 0.00750. The van der Waals surface area contributed by atoms with Gasteiger partial charge in [-0.25, -0.2) is 8.78 Å². The van der Waals surface area contributed by atoms with E-state index in [1.807, 2.05) is 0 Å². The zero-order valence-corrected chi connectivity index (χ0v) is 9.24. The van der Waals surface area contributed by atoms with Crippen molar-refractivity contribution >= 4 is 5.97 Å². The van der Waals surface area contributed by atoms with Crippen LogP contribution in [0, 0.1) is 11.6 Å². The summed E-state index contributed by atoms with van der Waals surface area (Å²) < 4.78 is 30.6. The fraction of sp³-hybridized carbons (Fsp3) is 0.364. The van der Waals surface area contributed by atoms with Gasteiger partial charge in [0.15, 0.2) is 0 Å². The Morgan fingerprint density at radius 2 is 2.24 bits per heavy atom. The van der Waals surface area contributed by atoms with Gasteiger partial charge in [-0.2, -0.15) is 0 Å². The lowest BCUT2D eigenvalue weighted by Gasteiger charge is -2.13. The summed E-state index contributed by atoms with van der Waals surface area (Å²) in [5, 5.41) is 11.4. The van der Waals surface area contributed by atoms with Crippen LogP contribution in [0.5, 0.6) is 0 Å². The van der Waals surface area contributed by atoms with Crippen molar-refractivity contribution in [3.05, 3.63) is 35.4 Å². The molecule has 4 nitrogen and oxygen atoms in total. The van der Waals surface area contributed by atoms with E-state index < -0.39 is 23.6 Å². The van der Waals surface area contributed by atoms with Crippen LogP contribution in [0.1, 0.15) is 5.56 Å². The third-order valence-electron chi connectivity index (χ3n) is 2.19. The van der Waals surface area contributed by atoms with E-state index in [0.717, 1.165) is 12.1 Å². The molecule has 94 valence electrons. The van der Waals surface area contributed by atoms with Crippen LogP contribution in [-0.4, -0.2) is 30.8 Å². The van der Waals surface area contributed by atoms with Gasteiger partial charge in [0.2, 0.25) is 0 Å². The maximum Gasteiger partial charge on any atom is 0.323 e. The molecule has 1 aromatic rings. The van der Waals surface area contributed by atoms with Gasteiger partial charge in [0.05, 0.1) is 6.61 Å². The first kappa shape index (κ1) is 13.5. The standard InChI is InChI=1S/C11H13F2NO3/c1-17-6-10(11(15)16)14-5-7-2-3-8(12)4-9(7)13/h2-4,10,14H,5-6H2,1H3,(H,15,16). The van der Waals surface area contributed by atoms with Crippen molar-refractivity contribution in [1.29, 1.82) is 0 Å². The van der Waals surface area contributed by atoms with Crippen LogP contribution in [0.4, 0.5) is 8.78 Å². The molecular weight excluding hydrogens is 232 g/mol. The molecule has 1 unspecified atom stereocenters. The third kappa shape index (κ3) is 4.08. The molecule has 0 amide bonds. The second-order valence-electron chi connectivity index (χ2n) is 3.46. The molecule has 0 aliphatic rings. The van der Waals surface area contributed by atoms with E-state index in [0.29, 0.717) is 0 Å². The molecule has 0 saturated heterocycles. The fourth-order valence-electron chi connectivity index (χ4n) is 1.28. The summed E-state index contributed by atoms with van der Waals surface area (Å²) in [5.41, 5.74) is 0.203. The summed E-state index contributed by atoms with van der Waals surface area (Å²) in [6.07, 6.45) is 0. The smallest absolute Gasteiger partial charge is 0.323 e. The van der Waals surface area contributed by atoms with Crippen LogP contribution in [0.3, 0.4) is 0 Å². The minimum Gasteiger partial charge on any atom is -0.480 e. The van der Waals surface area contributed by atoms with E-state index in [2.05, 4.69) is 5.32 Å². The van der Waals surface area contributed by atoms with E-state index in [4.69, 9.17) is 9.84 Å². The zero-order chi connectivity index (χ0) is 12.8. The van der Waals surface area contributed by atoms with Crippen LogP contribution in [0.2, 0.25) is 0 Å². The van der Waals surface area contributed by atoms with Crippen molar-refractivity contribution in [3.63, 3.8) is 0 Å². The number of halogens is 2. The first-order chi connectivity index (χ1) is 8.04. The van der Waals surface area contributed by atoms with Crippen LogP contribution < -0.4 is 5.32 Å². The van der Waals surface area contributed by atoms with Crippen molar-refractivity contribution in [2.75, 3.05) is 13.7 Å². The molecular formula is C11H13F2NO3. The number of carboxylic acid groups (broad SMARTS) is 1. The molecule has 0 aliphatic heterocycles. The van der Waals surface area contributed by atoms with Gasteiger partial charge < -0.3 is 9.84 Å². The number of hydrogen-bond acceptors (Lipinski definition) is 3. The van der Waals surface area contributed by atoms with Gasteiger partial charge in [0, 0.05) is 25.3 Å². The van der Waals surface area contributed by atoms with Gasteiger partial charge in [-0.15, -0.1) is 0 Å². The Bertz CT molecular complexity index is 398. The molecule has 0 heterocycles. The summed E-state index contributed by atoms with van der Waals surface area (Å²) in [6, 6.07) is 2.21. The number of ether oxygens (including phenoxy) is 1. The molecule has 1 aromatic carbocycles. The number of hydrogen-bond donors (Lipinski definition) is 2. The highest BCUT2D eigenvalue weighted by Crippen LogP contribution is 2.09. The third-order valence-corrected chi connectivity index (χ3v) is 2.19. The normalized spacial score (nSPS) is 12.4. The van der Waals surface area contributed by atoms with E-state index in [1.165, 1.54) is 13.2 Å². The van der Waals surface area contributed by atoms with Gasteiger partial charge in [-0.05, 0) is 6.07 Å². The molecule has 0 spiro atoms. The molecule has 0 saturated carbocycles. The van der Waals surface area contributed by atoms with Crippen molar-refractivity contribution in [2.24, 2.45) is 0 Å². The van der Waals surface area contributed by atoms with Gasteiger partial charge in [-0.3, -0.25) is 10.1 Å². The molecule has 0 aromatic heterocycles. The molecule has 0 fully saturated rings. The van der Waals surface area contributed by atoms with Crippen molar-refractivity contribution in [3.8, 4) is 0 Å². The van der Waals surface area contributed by atoms with Crippen molar-refractivity contribution in [1.82, 2.24) is 5.32 Å². The summed E-state index contributed by atoms with van der Waals surface area (Å²) in [5.74, 6) is -2.47. The van der Waals surface area contributed by atoms with Gasteiger partial charge in [0.25, 0.3) is 0 Å². The summed E-state index contributed by atoms with van der Waals surface area (Å²) >= 11 is 0. The molecule has 17 heavy (non-hydrogen) atoms. The molecule has 0 radical (unpaired) electrons. The molecule has 0 aliphatic carbocycles. The van der Waals surface area contributed by atoms with E-state index >= 15 is 0 Å². The second kappa shape index (κ2) is 6.27. The Morgan fingerprint density at radius 1 is 1.53 bits per heavy atom. The lowest BCUT2D eigenvalue weighted by molar-refractivity contribution is -0.140. The average molecular weight is 245 g/mol. The highest BCUT2D eigenvalue weighted by Gasteiger charge is 2.16. The van der Waals surface area contributed by atoms with Crippen LogP contribution >= 0.6 is 0 Å². The van der Waals surface area contributed by atoms with Crippen molar-refractivity contribution in [2.45, 2.75) is 12.6 Å². The lowest BCUT2D eigenvalue weighted by atomic mass is 10.2. The molecule has 6 heteroatoms. The molecule has 1 atom stereocenters. The predicted octanol–water partition coefficient (Wildman–Crippen LogP) is 1.15. The first-order valence-electron chi connectivity index (χ1n) is 4.93. The number of benzene rings is 1. The molecule has 0 bridgehead atoms. The number of nitrogens with one attached hydrogen (secondary N) is 1. The Balaban J connectivity index is 2.62. The Kier molecular flexibility index (Phi) is 4.99. The number of methoxy groups -OCH3 is 1. The van der Waals surface area contributed by atoms with Crippen LogP contribution in [0.15, 0.2) is 18.2 Å². The summed E-state index contributed by atoms with van der Waals surface area (Å²) in [7, 11) is 1.37. The minimum atomic E-state index is -1.09. The number of carboxylic acids is 1. The Morgan fingerprint density at radius 3 is 2.76 bits per heavy atom. The molecule has 1 rings (SSSR count). The zero-order valence-electron chi connectivity index (χ0n) is 9.24. The number of rotatable bonds is 6. The Labute approximate surface area is 97.2 Å². The monoisotopic (exact) mass is 245 g/mol. The second-order valence-corrected chi connectivity index (χ2v) is 3.46. The van der Waals surface area contributed by atoms with E-state index in [1.54, 1.807) is 0 Å². The maximum absolute atomic E-state index is 13.2. The van der Waals surface area contributed by atoms with Gasteiger partial charge in [-0.1, -0.05) is 6.07 Å². The van der Waals surface area contributed by atoms with Crippen LogP contribution in [-0.2, 0) is 16.1 Å². The van der Waals surface area contributed by atoms with Crippen LogP contribution in [0.25, 0.3) is 0 Å². The lowest BCUT2D eigenvalue weighted by Crippen LogP contribution is -2.40. The van der Waals surface area contributed by atoms with Gasteiger partial charge >= 0.3 is 5.97 Å². The highest BCUT2D eigenvalue weighted by atomic mass is 19.1. The predicted molar refractivity (Wildman–Crippen MR) is 56.5 cm³/mol. The van der Waals surface area contributed by atoms with E-state index in [-0.39, 0.29) is 18.7 Å². The Hall–Kier alpha value is -1.53. The fourth-order valence-corrected chi connectivity index (χ4v) is 1.28. The SMILES string of the molecule is COCC(NCc1ccc(F)cc1F)C(=O)O. The first-order valence-corrected chi connectivity index (χ1v) is 4.93. The largest absolute Gasteiger partial charge is 0.480 e. The highest BCUT2D eigenvalue weighted by molar-refractivity contribution is 5.73. The van der Waals surface area contributed by atoms with E-state index in [9.17, 15) is 13.6 Å². The summed E-state index contributed by atoms with van der Waals surface area (Å²) in [4.78, 5) is 10.8. The topological polar surface area (TPSA) is 58.6 Å². The molecule has 2 N–H and O–H groups in total. The van der Waals surface area contributed by atoms with Crippen molar-refractivity contribution < 1.29 is 23.4 Å². The number of aliphatic carboxylic acids is 1. The van der Waals surface area contributed by atoms with Gasteiger partial charge in [0.1, 0.15) is 17.7 Å². The summed E-state index contributed by atoms with van der Waals surface area (Å²) in [6.45, 7) is -0.0371. The quantitative estimate of drug-likeness (QED) is 0.789. The average Bonchev–Trinajstić information content (AvgIpc) is 2.25.